The molecule has 5 aromatic rings. The Balaban J connectivity index is 1.43. The molecule has 0 aliphatic rings. The zero-order valence-electron chi connectivity index (χ0n) is 25.2. The first-order valence-electron chi connectivity index (χ1n) is 14.0. The first kappa shape index (κ1) is 31.2. The van der Waals surface area contributed by atoms with E-state index in [1.165, 1.54) is 30.5 Å². The predicted molar refractivity (Wildman–Crippen MR) is 162 cm³/mol. The highest BCUT2D eigenvalue weighted by molar-refractivity contribution is 5.95. The van der Waals surface area contributed by atoms with Gasteiger partial charge in [-0.05, 0) is 69.7 Å². The smallest absolute Gasteiger partial charge is 0.352 e. The number of Topliss-reactive ketones (excluding diaryl/α,β-unsaturated/α-hetero) is 1. The lowest BCUT2D eigenvalue weighted by Gasteiger charge is -2.25. The van der Waals surface area contributed by atoms with Crippen molar-refractivity contribution in [1.82, 2.24) is 29.5 Å². The van der Waals surface area contributed by atoms with E-state index in [0.29, 0.717) is 23.5 Å². The van der Waals surface area contributed by atoms with Crippen molar-refractivity contribution in [1.29, 1.82) is 0 Å². The summed E-state index contributed by atoms with van der Waals surface area (Å²) < 4.78 is 41.8. The summed E-state index contributed by atoms with van der Waals surface area (Å²) >= 11 is 0. The molecule has 0 aliphatic carbocycles. The van der Waals surface area contributed by atoms with Gasteiger partial charge in [0.2, 0.25) is 0 Å². The fourth-order valence-corrected chi connectivity index (χ4v) is 4.76. The van der Waals surface area contributed by atoms with E-state index in [-0.39, 0.29) is 29.2 Å². The van der Waals surface area contributed by atoms with Crippen molar-refractivity contribution >= 4 is 22.6 Å². The molecule has 45 heavy (non-hydrogen) atoms. The van der Waals surface area contributed by atoms with Crippen molar-refractivity contribution in [3.8, 4) is 17.2 Å². The van der Waals surface area contributed by atoms with E-state index in [1.807, 2.05) is 13.8 Å². The van der Waals surface area contributed by atoms with Crippen LogP contribution in [0.3, 0.4) is 0 Å². The van der Waals surface area contributed by atoms with Crippen molar-refractivity contribution in [2.75, 3.05) is 19.0 Å². The molecule has 0 fully saturated rings. The van der Waals surface area contributed by atoms with Gasteiger partial charge in [-0.15, -0.1) is 0 Å². The zero-order chi connectivity index (χ0) is 32.5. The average Bonchev–Trinajstić information content (AvgIpc) is 3.38. The van der Waals surface area contributed by atoms with Crippen LogP contribution < -0.4 is 21.3 Å². The van der Waals surface area contributed by atoms with Gasteiger partial charge in [-0.2, -0.15) is 10.2 Å². The number of carbonyl (C=O) groups excluding carboxylic acids is 1. The number of methoxy groups -OCH3 is 1. The van der Waals surface area contributed by atoms with Gasteiger partial charge in [0.05, 0.1) is 23.9 Å². The van der Waals surface area contributed by atoms with Gasteiger partial charge in [0.25, 0.3) is 5.56 Å². The van der Waals surface area contributed by atoms with E-state index >= 15 is 4.39 Å². The summed E-state index contributed by atoms with van der Waals surface area (Å²) in [5, 5.41) is 14.9. The van der Waals surface area contributed by atoms with Crippen molar-refractivity contribution in [3.63, 3.8) is 0 Å². The number of nitrogens with one attached hydrogen (secondary N) is 2. The summed E-state index contributed by atoms with van der Waals surface area (Å²) in [7, 11) is 1.59. The fourth-order valence-electron chi connectivity index (χ4n) is 4.76. The number of aromatic nitrogens is 6. The molecule has 0 bridgehead atoms. The number of H-pyrrole nitrogens is 1. The molecular formula is C31H31F2N7O5. The molecule has 12 nitrogen and oxygen atoms in total. The minimum Gasteiger partial charge on any atom is -0.453 e. The molecule has 3 heterocycles. The Morgan fingerprint density at radius 2 is 1.80 bits per heavy atom. The number of hydrogen-bond donors (Lipinski definition) is 2. The van der Waals surface area contributed by atoms with Gasteiger partial charge in [0, 0.05) is 25.8 Å². The van der Waals surface area contributed by atoms with Gasteiger partial charge in [-0.1, -0.05) is 6.07 Å². The minimum atomic E-state index is -0.964. The number of ether oxygens (including phenoxy) is 2. The van der Waals surface area contributed by atoms with Crippen LogP contribution in [0.15, 0.2) is 64.3 Å². The van der Waals surface area contributed by atoms with Crippen molar-refractivity contribution in [2.45, 2.75) is 45.7 Å². The second kappa shape index (κ2) is 12.4. The lowest BCUT2D eigenvalue weighted by Crippen LogP contribution is -2.44. The Morgan fingerprint density at radius 1 is 1.07 bits per heavy atom. The van der Waals surface area contributed by atoms with E-state index in [1.54, 1.807) is 27.0 Å². The first-order chi connectivity index (χ1) is 21.4. The summed E-state index contributed by atoms with van der Waals surface area (Å²) in [6, 6.07) is 9.75. The van der Waals surface area contributed by atoms with E-state index < -0.39 is 45.9 Å². The van der Waals surface area contributed by atoms with E-state index in [4.69, 9.17) is 9.47 Å². The van der Waals surface area contributed by atoms with Gasteiger partial charge in [-0.3, -0.25) is 14.7 Å². The summed E-state index contributed by atoms with van der Waals surface area (Å²) in [5.74, 6) is -1.44. The van der Waals surface area contributed by atoms with Crippen LogP contribution in [-0.4, -0.2) is 54.6 Å². The number of pyridine rings is 1. The van der Waals surface area contributed by atoms with Crippen LogP contribution >= 0.6 is 0 Å². The molecule has 5 rings (SSSR count). The molecular weight excluding hydrogens is 588 g/mol. The molecule has 2 aromatic carbocycles. The number of anilines is 1. The molecule has 0 radical (unpaired) electrons. The third kappa shape index (κ3) is 6.50. The molecule has 14 heteroatoms. The highest BCUT2D eigenvalue weighted by atomic mass is 19.1. The third-order valence-electron chi connectivity index (χ3n) is 6.80. The number of rotatable bonds is 11. The average molecular weight is 620 g/mol. The summed E-state index contributed by atoms with van der Waals surface area (Å²) in [4.78, 5) is 43.9. The van der Waals surface area contributed by atoms with Crippen molar-refractivity contribution in [2.24, 2.45) is 0 Å². The number of fused-ring (bicyclic) bond motifs is 1. The second-order valence-electron chi connectivity index (χ2n) is 11.3. The number of hydrogen-bond acceptors (Lipinski definition) is 9. The lowest BCUT2D eigenvalue weighted by atomic mass is 10.1. The Labute approximate surface area is 255 Å². The number of carbonyl (C=O) groups is 1. The topological polar surface area (TPSA) is 146 Å². The van der Waals surface area contributed by atoms with Crippen molar-refractivity contribution < 1.29 is 23.0 Å². The van der Waals surface area contributed by atoms with Crippen LogP contribution in [-0.2, 0) is 11.2 Å². The molecule has 0 spiro atoms. The predicted octanol–water partition coefficient (Wildman–Crippen LogP) is 4.58. The standard InChI is InChI=1S/C31H31F2N7O5/c1-17(2)40-30(43)39(20-9-7-19(32)8-10-20)29(42)26(38-40)22(41)15-18-6-11-23(21(33)14-18)45-24-12-13-34-27-25(24)28(37-36-27)35-31(3,4)16-44-5/h6-14,17H,15-16H2,1-5H3,(H2,34,35,36,37). The summed E-state index contributed by atoms with van der Waals surface area (Å²) in [5.41, 5.74) is -2.00. The second-order valence-corrected chi connectivity index (χ2v) is 11.3. The molecule has 0 amide bonds. The van der Waals surface area contributed by atoms with Gasteiger partial charge in [0.1, 0.15) is 17.0 Å². The van der Waals surface area contributed by atoms with Gasteiger partial charge in [0.15, 0.2) is 34.5 Å². The molecule has 0 saturated heterocycles. The van der Waals surface area contributed by atoms with Crippen LogP contribution in [0.5, 0.6) is 11.5 Å². The lowest BCUT2D eigenvalue weighted by molar-refractivity contribution is 0.0982. The molecule has 3 aromatic heterocycles. The molecule has 0 saturated carbocycles. The maximum Gasteiger partial charge on any atom is 0.352 e. The molecule has 0 aliphatic heterocycles. The largest absolute Gasteiger partial charge is 0.453 e. The summed E-state index contributed by atoms with van der Waals surface area (Å²) in [6.07, 6.45) is 1.11. The van der Waals surface area contributed by atoms with Crippen molar-refractivity contribution in [3.05, 3.63) is 98.5 Å². The molecule has 234 valence electrons. The van der Waals surface area contributed by atoms with E-state index in [9.17, 15) is 18.8 Å². The van der Waals surface area contributed by atoms with E-state index in [2.05, 4.69) is 25.6 Å². The normalized spacial score (nSPS) is 11.7. The third-order valence-corrected chi connectivity index (χ3v) is 6.80. The highest BCUT2D eigenvalue weighted by Gasteiger charge is 2.24. The number of aromatic amines is 1. The minimum absolute atomic E-state index is 0.0771. The van der Waals surface area contributed by atoms with Gasteiger partial charge in [-0.25, -0.2) is 27.8 Å². The Morgan fingerprint density at radius 3 is 2.47 bits per heavy atom. The van der Waals surface area contributed by atoms with Crippen LogP contribution in [0, 0.1) is 11.6 Å². The Hall–Kier alpha value is -5.24. The maximum atomic E-state index is 15.3. The van der Waals surface area contributed by atoms with Crippen LogP contribution in [0.2, 0.25) is 0 Å². The van der Waals surface area contributed by atoms with Gasteiger partial charge >= 0.3 is 5.69 Å². The Kier molecular flexibility index (Phi) is 8.60. The number of benzene rings is 2. The molecule has 2 N–H and O–H groups in total. The maximum absolute atomic E-state index is 15.3. The number of halogens is 2. The Bertz CT molecular complexity index is 2000. The van der Waals surface area contributed by atoms with Crippen LogP contribution in [0.4, 0.5) is 14.6 Å². The summed E-state index contributed by atoms with van der Waals surface area (Å²) in [6.45, 7) is 7.57. The fraction of sp³-hybridized carbons (Fsp3) is 0.290. The SMILES string of the molecule is COCC(C)(C)Nc1n[nH]c2nccc(Oc3ccc(CC(=O)c4nn(C(C)C)c(=O)n(-c5ccc(F)cc5)c4=O)cc3F)c12. The molecule has 0 atom stereocenters. The molecule has 0 unspecified atom stereocenters. The van der Waals surface area contributed by atoms with Crippen LogP contribution in [0.25, 0.3) is 16.7 Å². The number of nitrogens with zero attached hydrogens (tertiary/aromatic N) is 5. The first-order valence-corrected chi connectivity index (χ1v) is 14.0. The monoisotopic (exact) mass is 619 g/mol. The quantitative estimate of drug-likeness (QED) is 0.203. The van der Waals surface area contributed by atoms with Gasteiger partial charge < -0.3 is 14.8 Å². The zero-order valence-corrected chi connectivity index (χ0v) is 25.2. The number of ketones is 1. The van der Waals surface area contributed by atoms with Crippen LogP contribution in [0.1, 0.15) is 49.8 Å². The highest BCUT2D eigenvalue weighted by Crippen LogP contribution is 2.35. The van der Waals surface area contributed by atoms with E-state index in [0.717, 1.165) is 27.4 Å².